The van der Waals surface area contributed by atoms with E-state index >= 15 is 0 Å². The van der Waals surface area contributed by atoms with Gasteiger partial charge in [0.25, 0.3) is 0 Å². The maximum absolute atomic E-state index is 8.96. The van der Waals surface area contributed by atoms with Crippen LogP contribution >= 0.6 is 0 Å². The van der Waals surface area contributed by atoms with Gasteiger partial charge < -0.3 is 0 Å². The van der Waals surface area contributed by atoms with Crippen molar-refractivity contribution >= 4 is 10.8 Å². The summed E-state index contributed by atoms with van der Waals surface area (Å²) >= 11 is 0. The molecule has 0 amide bonds. The summed E-state index contributed by atoms with van der Waals surface area (Å²) in [5, 5.41) is 11.4. The van der Waals surface area contributed by atoms with Crippen molar-refractivity contribution in [2.75, 3.05) is 0 Å². The summed E-state index contributed by atoms with van der Waals surface area (Å²) in [6, 6.07) is 14.3. The Balaban J connectivity index is 2.85. The van der Waals surface area contributed by atoms with Crippen LogP contribution in [0.1, 0.15) is 18.1 Å². The molecule has 0 radical (unpaired) electrons. The number of hydrogen-bond donors (Lipinski definition) is 0. The molecule has 0 atom stereocenters. The Kier molecular flexibility index (Phi) is 2.20. The van der Waals surface area contributed by atoms with Crippen molar-refractivity contribution < 1.29 is 0 Å². The van der Waals surface area contributed by atoms with Crippen molar-refractivity contribution in [2.45, 2.75) is 13.3 Å². The van der Waals surface area contributed by atoms with Crippen LogP contribution in [0.3, 0.4) is 0 Å². The van der Waals surface area contributed by atoms with E-state index < -0.39 is 0 Å². The molecule has 2 aromatic carbocycles. The highest BCUT2D eigenvalue weighted by molar-refractivity contribution is 5.87. The monoisotopic (exact) mass is 181 g/mol. The molecule has 0 saturated carbocycles. The van der Waals surface area contributed by atoms with Gasteiger partial charge >= 0.3 is 0 Å². The summed E-state index contributed by atoms with van der Waals surface area (Å²) in [6.45, 7) is 2.09. The minimum atomic E-state index is 0.797. The van der Waals surface area contributed by atoms with Gasteiger partial charge in [0, 0.05) is 0 Å². The highest BCUT2D eigenvalue weighted by Gasteiger charge is 2.03. The van der Waals surface area contributed by atoms with Gasteiger partial charge in [-0.3, -0.25) is 0 Å². The number of nitriles is 1. The molecule has 0 fully saturated rings. The molecule has 1 heteroatoms. The van der Waals surface area contributed by atoms with Gasteiger partial charge in [-0.2, -0.15) is 5.26 Å². The van der Waals surface area contributed by atoms with Crippen LogP contribution in [0.5, 0.6) is 0 Å². The van der Waals surface area contributed by atoms with Crippen molar-refractivity contribution in [2.24, 2.45) is 0 Å². The summed E-state index contributed by atoms with van der Waals surface area (Å²) in [5.41, 5.74) is 1.96. The van der Waals surface area contributed by atoms with Crippen LogP contribution in [0.2, 0.25) is 0 Å². The van der Waals surface area contributed by atoms with Crippen molar-refractivity contribution in [1.29, 1.82) is 5.26 Å². The molecule has 0 saturated heterocycles. The predicted molar refractivity (Wildman–Crippen MR) is 58.0 cm³/mol. The third kappa shape index (κ3) is 1.25. The zero-order valence-electron chi connectivity index (χ0n) is 8.12. The van der Waals surface area contributed by atoms with Gasteiger partial charge in [0.2, 0.25) is 0 Å². The lowest BCUT2D eigenvalue weighted by molar-refractivity contribution is 1.15. The number of benzene rings is 2. The van der Waals surface area contributed by atoms with E-state index in [2.05, 4.69) is 25.1 Å². The molecule has 1 nitrogen and oxygen atoms in total. The molecule has 2 rings (SSSR count). The van der Waals surface area contributed by atoms with E-state index in [-0.39, 0.29) is 0 Å². The maximum Gasteiger partial charge on any atom is 0.0994 e. The molecular weight excluding hydrogens is 170 g/mol. The quantitative estimate of drug-likeness (QED) is 0.662. The smallest absolute Gasteiger partial charge is 0.0994 e. The second-order valence-corrected chi connectivity index (χ2v) is 3.28. The number of nitrogens with zero attached hydrogens (tertiary/aromatic N) is 1. The molecule has 14 heavy (non-hydrogen) atoms. The normalized spacial score (nSPS) is 10.0. The molecule has 0 heterocycles. The minimum Gasteiger partial charge on any atom is -0.192 e. The summed E-state index contributed by atoms with van der Waals surface area (Å²) in [4.78, 5) is 0. The van der Waals surface area contributed by atoms with Crippen molar-refractivity contribution in [3.8, 4) is 6.07 Å². The summed E-state index contributed by atoms with van der Waals surface area (Å²) < 4.78 is 0. The van der Waals surface area contributed by atoms with Crippen molar-refractivity contribution in [1.82, 2.24) is 0 Å². The van der Waals surface area contributed by atoms with Gasteiger partial charge in [0.05, 0.1) is 11.6 Å². The Morgan fingerprint density at radius 1 is 1.14 bits per heavy atom. The first kappa shape index (κ1) is 8.77. The summed E-state index contributed by atoms with van der Waals surface area (Å²) in [7, 11) is 0. The Bertz CT molecular complexity index is 506. The summed E-state index contributed by atoms with van der Waals surface area (Å²) in [6.07, 6.45) is 0.907. The Hall–Kier alpha value is -1.81. The van der Waals surface area contributed by atoms with E-state index in [1.807, 2.05) is 24.3 Å². The Morgan fingerprint density at radius 2 is 1.93 bits per heavy atom. The summed E-state index contributed by atoms with van der Waals surface area (Å²) in [5.74, 6) is 0. The van der Waals surface area contributed by atoms with Crippen LogP contribution in [0.15, 0.2) is 36.4 Å². The number of rotatable bonds is 1. The lowest BCUT2D eigenvalue weighted by Gasteiger charge is -2.05. The molecule has 0 aliphatic rings. The largest absolute Gasteiger partial charge is 0.192 e. The molecule has 0 unspecified atom stereocenters. The number of aryl methyl sites for hydroxylation is 1. The van der Waals surface area contributed by atoms with Gasteiger partial charge in [0.1, 0.15) is 0 Å². The Morgan fingerprint density at radius 3 is 2.64 bits per heavy atom. The third-order valence-electron chi connectivity index (χ3n) is 2.51. The molecule has 0 spiro atoms. The average molecular weight is 181 g/mol. The zero-order valence-corrected chi connectivity index (χ0v) is 8.12. The van der Waals surface area contributed by atoms with Crippen molar-refractivity contribution in [3.63, 3.8) is 0 Å². The van der Waals surface area contributed by atoms with Gasteiger partial charge in [-0.05, 0) is 28.8 Å². The lowest BCUT2D eigenvalue weighted by atomic mass is 9.98. The van der Waals surface area contributed by atoms with Crippen LogP contribution in [-0.4, -0.2) is 0 Å². The molecular formula is C13H11N. The van der Waals surface area contributed by atoms with Gasteiger partial charge in [0.15, 0.2) is 0 Å². The van der Waals surface area contributed by atoms with Crippen LogP contribution in [0.4, 0.5) is 0 Å². The molecule has 2 aromatic rings. The Labute approximate surface area is 83.6 Å². The van der Waals surface area contributed by atoms with E-state index in [4.69, 9.17) is 5.26 Å². The molecule has 0 bridgehead atoms. The van der Waals surface area contributed by atoms with Crippen molar-refractivity contribution in [3.05, 3.63) is 47.5 Å². The SMILES string of the molecule is CCc1c(C#N)ccc2ccccc12. The first-order valence-electron chi connectivity index (χ1n) is 4.77. The van der Waals surface area contributed by atoms with Gasteiger partial charge in [-0.15, -0.1) is 0 Å². The third-order valence-corrected chi connectivity index (χ3v) is 2.51. The van der Waals surface area contributed by atoms with E-state index in [0.29, 0.717) is 0 Å². The second-order valence-electron chi connectivity index (χ2n) is 3.28. The first-order valence-corrected chi connectivity index (χ1v) is 4.77. The van der Waals surface area contributed by atoms with Gasteiger partial charge in [-0.1, -0.05) is 37.3 Å². The second kappa shape index (κ2) is 3.51. The average Bonchev–Trinajstić information content (AvgIpc) is 2.27. The fourth-order valence-electron chi connectivity index (χ4n) is 1.82. The van der Waals surface area contributed by atoms with Crippen LogP contribution in [0.25, 0.3) is 10.8 Å². The minimum absolute atomic E-state index is 0.797. The maximum atomic E-state index is 8.96. The van der Waals surface area contributed by atoms with Crippen LogP contribution < -0.4 is 0 Å². The molecule has 0 N–H and O–H groups in total. The van der Waals surface area contributed by atoms with E-state index in [1.165, 1.54) is 10.8 Å². The fourth-order valence-corrected chi connectivity index (χ4v) is 1.82. The zero-order chi connectivity index (χ0) is 9.97. The van der Waals surface area contributed by atoms with E-state index in [9.17, 15) is 0 Å². The topological polar surface area (TPSA) is 23.8 Å². The highest BCUT2D eigenvalue weighted by atomic mass is 14.2. The van der Waals surface area contributed by atoms with Crippen LogP contribution in [-0.2, 0) is 6.42 Å². The molecule has 0 aliphatic heterocycles. The number of hydrogen-bond acceptors (Lipinski definition) is 1. The molecule has 0 aromatic heterocycles. The molecule has 0 aliphatic carbocycles. The molecule has 68 valence electrons. The van der Waals surface area contributed by atoms with Crippen LogP contribution in [0, 0.1) is 11.3 Å². The first-order chi connectivity index (χ1) is 6.86. The predicted octanol–water partition coefficient (Wildman–Crippen LogP) is 3.27. The fraction of sp³-hybridized carbons (Fsp3) is 0.154. The van der Waals surface area contributed by atoms with E-state index in [0.717, 1.165) is 17.5 Å². The number of fused-ring (bicyclic) bond motifs is 1. The van der Waals surface area contributed by atoms with E-state index in [1.54, 1.807) is 0 Å². The standard InChI is InChI=1S/C13H11N/c1-2-12-11(9-14)8-7-10-5-3-4-6-13(10)12/h3-8H,2H2,1H3. The lowest BCUT2D eigenvalue weighted by Crippen LogP contribution is -1.89. The highest BCUT2D eigenvalue weighted by Crippen LogP contribution is 2.22. The van der Waals surface area contributed by atoms with Gasteiger partial charge in [-0.25, -0.2) is 0 Å².